The van der Waals surface area contributed by atoms with Crippen molar-refractivity contribution in [3.05, 3.63) is 35.9 Å². The third-order valence-corrected chi connectivity index (χ3v) is 6.61. The highest BCUT2D eigenvalue weighted by Gasteiger charge is 2.56. The highest BCUT2D eigenvalue weighted by atomic mass is 16.4. The Morgan fingerprint density at radius 1 is 1.00 bits per heavy atom. The fourth-order valence-electron chi connectivity index (χ4n) is 5.06. The van der Waals surface area contributed by atoms with Gasteiger partial charge in [0.1, 0.15) is 0 Å². The second-order valence-electron chi connectivity index (χ2n) is 7.72. The molecule has 3 aliphatic rings. The van der Waals surface area contributed by atoms with Gasteiger partial charge in [-0.05, 0) is 43.1 Å². The first-order valence-electron chi connectivity index (χ1n) is 9.21. The molecule has 1 saturated heterocycles. The van der Waals surface area contributed by atoms with Crippen LogP contribution < -0.4 is 0 Å². The second kappa shape index (κ2) is 5.91. The first kappa shape index (κ1) is 15.7. The Labute approximate surface area is 142 Å². The van der Waals surface area contributed by atoms with Crippen molar-refractivity contribution >= 4 is 11.9 Å². The lowest BCUT2D eigenvalue weighted by Crippen LogP contribution is -2.49. The summed E-state index contributed by atoms with van der Waals surface area (Å²) in [7, 11) is 0. The van der Waals surface area contributed by atoms with Crippen LogP contribution in [-0.4, -0.2) is 35.0 Å². The van der Waals surface area contributed by atoms with Gasteiger partial charge >= 0.3 is 5.97 Å². The summed E-state index contributed by atoms with van der Waals surface area (Å²) in [5, 5.41) is 9.85. The number of rotatable bonds is 3. The fraction of sp³-hybridized carbons (Fsp3) is 0.600. The van der Waals surface area contributed by atoms with Crippen LogP contribution in [0.4, 0.5) is 0 Å². The molecule has 1 heterocycles. The monoisotopic (exact) mass is 327 g/mol. The first-order valence-corrected chi connectivity index (χ1v) is 9.21. The maximum atomic E-state index is 12.8. The molecule has 0 bridgehead atoms. The van der Waals surface area contributed by atoms with Crippen molar-refractivity contribution in [1.29, 1.82) is 0 Å². The Hall–Kier alpha value is -1.84. The Morgan fingerprint density at radius 3 is 2.12 bits per heavy atom. The van der Waals surface area contributed by atoms with Crippen molar-refractivity contribution in [1.82, 2.24) is 4.90 Å². The Kier molecular flexibility index (Phi) is 3.86. The van der Waals surface area contributed by atoms with E-state index in [9.17, 15) is 14.7 Å². The van der Waals surface area contributed by atoms with E-state index in [1.807, 2.05) is 35.2 Å². The SMILES string of the molecule is O=C(C1C2CCCCC21)N1CCC(C(=O)O)(c2ccccc2)CC1. The van der Waals surface area contributed by atoms with Crippen LogP contribution in [0.15, 0.2) is 30.3 Å². The van der Waals surface area contributed by atoms with Crippen molar-refractivity contribution in [2.24, 2.45) is 17.8 Å². The molecule has 1 aromatic carbocycles. The van der Waals surface area contributed by atoms with Gasteiger partial charge in [0, 0.05) is 19.0 Å². The molecule has 1 aliphatic heterocycles. The van der Waals surface area contributed by atoms with Crippen molar-refractivity contribution in [3.8, 4) is 0 Å². The molecule has 4 nitrogen and oxygen atoms in total. The second-order valence-corrected chi connectivity index (χ2v) is 7.72. The van der Waals surface area contributed by atoms with Gasteiger partial charge in [0.15, 0.2) is 0 Å². The molecule has 4 heteroatoms. The number of hydrogen-bond acceptors (Lipinski definition) is 2. The number of benzene rings is 1. The Morgan fingerprint density at radius 2 is 1.58 bits per heavy atom. The normalized spacial score (nSPS) is 31.2. The van der Waals surface area contributed by atoms with Gasteiger partial charge in [0.2, 0.25) is 5.91 Å². The van der Waals surface area contributed by atoms with Crippen LogP contribution in [-0.2, 0) is 15.0 Å². The molecule has 1 amide bonds. The average molecular weight is 327 g/mol. The zero-order chi connectivity index (χ0) is 16.7. The summed E-state index contributed by atoms with van der Waals surface area (Å²) >= 11 is 0. The molecule has 2 unspecified atom stereocenters. The van der Waals surface area contributed by atoms with E-state index in [2.05, 4.69) is 0 Å². The molecule has 3 fully saturated rings. The summed E-state index contributed by atoms with van der Waals surface area (Å²) in [4.78, 5) is 26.8. The van der Waals surface area contributed by atoms with Crippen molar-refractivity contribution < 1.29 is 14.7 Å². The number of amides is 1. The van der Waals surface area contributed by atoms with Gasteiger partial charge < -0.3 is 10.0 Å². The number of carboxylic acid groups (broad SMARTS) is 1. The number of fused-ring (bicyclic) bond motifs is 1. The number of carbonyl (C=O) groups is 2. The maximum Gasteiger partial charge on any atom is 0.314 e. The number of aliphatic carboxylic acids is 1. The van der Waals surface area contributed by atoms with E-state index >= 15 is 0 Å². The topological polar surface area (TPSA) is 57.6 Å². The van der Waals surface area contributed by atoms with Crippen LogP contribution in [0.2, 0.25) is 0 Å². The minimum Gasteiger partial charge on any atom is -0.481 e. The summed E-state index contributed by atoms with van der Waals surface area (Å²) in [5.41, 5.74) is 0.0265. The third kappa shape index (κ3) is 2.43. The molecule has 1 aromatic rings. The van der Waals surface area contributed by atoms with Crippen molar-refractivity contribution in [2.45, 2.75) is 43.9 Å². The highest BCUT2D eigenvalue weighted by Crippen LogP contribution is 2.56. The Bertz CT molecular complexity index is 622. The standard InChI is InChI=1S/C20H25NO3/c22-18(17-15-8-4-5-9-16(15)17)21-12-10-20(11-13-21,19(23)24)14-6-2-1-3-7-14/h1-3,6-7,15-17H,4-5,8-13H2,(H,23,24). The van der Waals surface area contributed by atoms with E-state index in [0.29, 0.717) is 43.7 Å². The summed E-state index contributed by atoms with van der Waals surface area (Å²) in [6.07, 6.45) is 5.97. The predicted octanol–water partition coefficient (Wildman–Crippen LogP) is 3.07. The number of piperidine rings is 1. The lowest BCUT2D eigenvalue weighted by molar-refractivity contribution is -0.148. The van der Waals surface area contributed by atoms with Gasteiger partial charge in [0.05, 0.1) is 5.41 Å². The lowest BCUT2D eigenvalue weighted by atomic mass is 9.73. The molecule has 2 saturated carbocycles. The van der Waals surface area contributed by atoms with Gasteiger partial charge in [0.25, 0.3) is 0 Å². The van der Waals surface area contributed by atoms with Gasteiger partial charge in [-0.25, -0.2) is 0 Å². The molecule has 0 radical (unpaired) electrons. The van der Waals surface area contributed by atoms with Crippen LogP contribution >= 0.6 is 0 Å². The lowest BCUT2D eigenvalue weighted by Gasteiger charge is -2.39. The van der Waals surface area contributed by atoms with Gasteiger partial charge in [-0.1, -0.05) is 43.2 Å². The maximum absolute atomic E-state index is 12.8. The number of carboxylic acids is 1. The zero-order valence-electron chi connectivity index (χ0n) is 14.0. The first-order chi connectivity index (χ1) is 11.6. The third-order valence-electron chi connectivity index (χ3n) is 6.61. The van der Waals surface area contributed by atoms with Gasteiger partial charge in [-0.3, -0.25) is 9.59 Å². The molecule has 24 heavy (non-hydrogen) atoms. The van der Waals surface area contributed by atoms with Crippen LogP contribution in [0.3, 0.4) is 0 Å². The Balaban J connectivity index is 1.46. The molecule has 128 valence electrons. The number of hydrogen-bond donors (Lipinski definition) is 1. The van der Waals surface area contributed by atoms with Crippen LogP contribution in [0.1, 0.15) is 44.1 Å². The number of likely N-dealkylation sites (tertiary alicyclic amines) is 1. The van der Waals surface area contributed by atoms with Gasteiger partial charge in [-0.2, -0.15) is 0 Å². The van der Waals surface area contributed by atoms with E-state index in [0.717, 1.165) is 5.56 Å². The molecule has 2 aliphatic carbocycles. The smallest absolute Gasteiger partial charge is 0.314 e. The molecule has 0 aromatic heterocycles. The zero-order valence-corrected chi connectivity index (χ0v) is 14.0. The van der Waals surface area contributed by atoms with E-state index in [-0.39, 0.29) is 5.92 Å². The molecular formula is C20H25NO3. The van der Waals surface area contributed by atoms with E-state index in [1.54, 1.807) is 0 Å². The van der Waals surface area contributed by atoms with Crippen LogP contribution in [0.25, 0.3) is 0 Å². The minimum atomic E-state index is -0.839. The van der Waals surface area contributed by atoms with Crippen molar-refractivity contribution in [3.63, 3.8) is 0 Å². The molecule has 1 N–H and O–H groups in total. The fourth-order valence-corrected chi connectivity index (χ4v) is 5.06. The van der Waals surface area contributed by atoms with Crippen LogP contribution in [0.5, 0.6) is 0 Å². The molecular weight excluding hydrogens is 302 g/mol. The molecule has 4 rings (SSSR count). The van der Waals surface area contributed by atoms with E-state index in [1.165, 1.54) is 25.7 Å². The van der Waals surface area contributed by atoms with E-state index < -0.39 is 11.4 Å². The predicted molar refractivity (Wildman–Crippen MR) is 90.5 cm³/mol. The summed E-state index contributed by atoms with van der Waals surface area (Å²) < 4.78 is 0. The van der Waals surface area contributed by atoms with Gasteiger partial charge in [-0.15, -0.1) is 0 Å². The molecule has 2 atom stereocenters. The van der Waals surface area contributed by atoms with Crippen molar-refractivity contribution in [2.75, 3.05) is 13.1 Å². The number of carbonyl (C=O) groups excluding carboxylic acids is 1. The summed E-state index contributed by atoms with van der Waals surface area (Å²) in [6, 6.07) is 9.51. The van der Waals surface area contributed by atoms with Crippen LogP contribution in [0, 0.1) is 17.8 Å². The number of nitrogens with zero attached hydrogens (tertiary/aromatic N) is 1. The largest absolute Gasteiger partial charge is 0.481 e. The minimum absolute atomic E-state index is 0.238. The molecule has 0 spiro atoms. The highest BCUT2D eigenvalue weighted by molar-refractivity contribution is 5.84. The average Bonchev–Trinajstić information content (AvgIpc) is 3.36. The summed E-state index contributed by atoms with van der Waals surface area (Å²) in [5.74, 6) is 0.999. The quantitative estimate of drug-likeness (QED) is 0.928. The van der Waals surface area contributed by atoms with E-state index in [4.69, 9.17) is 0 Å². The summed E-state index contributed by atoms with van der Waals surface area (Å²) in [6.45, 7) is 1.13.